The lowest BCUT2D eigenvalue weighted by Crippen LogP contribution is -2.34. The Kier molecular flexibility index (Phi) is 7.89. The smallest absolute Gasteiger partial charge is 0.255 e. The average Bonchev–Trinajstić information content (AvgIpc) is 2.81. The van der Waals surface area contributed by atoms with E-state index in [9.17, 15) is 23.1 Å². The van der Waals surface area contributed by atoms with Crippen molar-refractivity contribution in [3.05, 3.63) is 83.4 Å². The van der Waals surface area contributed by atoms with E-state index >= 15 is 0 Å². The van der Waals surface area contributed by atoms with Crippen LogP contribution in [-0.2, 0) is 20.0 Å². The summed E-state index contributed by atoms with van der Waals surface area (Å²) in [6.45, 7) is 9.65. The topological polar surface area (TPSA) is 113 Å². The second kappa shape index (κ2) is 10.5. The molecule has 2 amide bonds. The molecule has 3 aromatic rings. The zero-order chi connectivity index (χ0) is 26.7. The molecule has 0 heterocycles. The predicted octanol–water partition coefficient (Wildman–Crippen LogP) is 5.44. The summed E-state index contributed by atoms with van der Waals surface area (Å²) in [5.74, 6) is -1.35. The maximum atomic E-state index is 13.2. The highest BCUT2D eigenvalue weighted by molar-refractivity contribution is 7.92. The van der Waals surface area contributed by atoms with Gasteiger partial charge in [-0.25, -0.2) is 8.42 Å². The molecule has 3 N–H and O–H groups in total. The molecule has 0 aliphatic carbocycles. The predicted molar refractivity (Wildman–Crippen MR) is 142 cm³/mol. The maximum Gasteiger partial charge on any atom is 0.255 e. The second-order valence-corrected chi connectivity index (χ2v) is 11.9. The van der Waals surface area contributed by atoms with Gasteiger partial charge in [0.1, 0.15) is 11.0 Å². The molecule has 36 heavy (non-hydrogen) atoms. The standard InChI is InChI=1S/C28H32N2O5S/c1-6-25(36(34,35)22-14-11-20(12-15-22)28(3,4)5)27(33)29-21-13-16-23(24(31)17-21)30-26(32)19-9-7-18(2)8-10-19/h7-17,25,31H,6H2,1-5H3,(H,29,33)(H,30,32). The third-order valence-corrected chi connectivity index (χ3v) is 8.14. The summed E-state index contributed by atoms with van der Waals surface area (Å²) < 4.78 is 26.4. The number of anilines is 2. The van der Waals surface area contributed by atoms with Gasteiger partial charge in [-0.3, -0.25) is 9.59 Å². The van der Waals surface area contributed by atoms with Crippen LogP contribution in [0, 0.1) is 6.92 Å². The number of carbonyl (C=O) groups excluding carboxylic acids is 2. The molecule has 7 nitrogen and oxygen atoms in total. The molecular formula is C28H32N2O5S. The summed E-state index contributed by atoms with van der Waals surface area (Å²) in [7, 11) is -3.93. The molecule has 3 aromatic carbocycles. The number of rotatable bonds is 7. The number of phenols is 1. The molecule has 0 saturated heterocycles. The van der Waals surface area contributed by atoms with Gasteiger partial charge in [-0.1, -0.05) is 57.5 Å². The molecule has 3 rings (SSSR count). The monoisotopic (exact) mass is 508 g/mol. The molecule has 0 saturated carbocycles. The van der Waals surface area contributed by atoms with Crippen LogP contribution in [-0.4, -0.2) is 30.6 Å². The first-order valence-electron chi connectivity index (χ1n) is 11.7. The van der Waals surface area contributed by atoms with Crippen LogP contribution in [0.5, 0.6) is 5.75 Å². The molecular weight excluding hydrogens is 476 g/mol. The number of amides is 2. The Balaban J connectivity index is 1.74. The second-order valence-electron chi connectivity index (χ2n) is 9.76. The van der Waals surface area contributed by atoms with Gasteiger partial charge in [0.2, 0.25) is 5.91 Å². The number of benzene rings is 3. The summed E-state index contributed by atoms with van der Waals surface area (Å²) in [6.07, 6.45) is 0.0753. The van der Waals surface area contributed by atoms with Gasteiger partial charge in [0, 0.05) is 17.3 Å². The summed E-state index contributed by atoms with van der Waals surface area (Å²) in [5.41, 5.74) is 2.69. The molecule has 0 bridgehead atoms. The number of hydrogen-bond acceptors (Lipinski definition) is 5. The average molecular weight is 509 g/mol. The fraction of sp³-hybridized carbons (Fsp3) is 0.286. The number of aryl methyl sites for hydroxylation is 1. The summed E-state index contributed by atoms with van der Waals surface area (Å²) in [5, 5.41) is 14.3. The Hall–Kier alpha value is -3.65. The number of carbonyl (C=O) groups is 2. The first-order chi connectivity index (χ1) is 16.8. The van der Waals surface area contributed by atoms with Crippen molar-refractivity contribution >= 4 is 33.0 Å². The van der Waals surface area contributed by atoms with Crippen molar-refractivity contribution < 1.29 is 23.1 Å². The third kappa shape index (κ3) is 6.12. The van der Waals surface area contributed by atoms with E-state index in [4.69, 9.17) is 0 Å². The molecule has 0 aromatic heterocycles. The molecule has 8 heteroatoms. The summed E-state index contributed by atoms with van der Waals surface area (Å²) >= 11 is 0. The Morgan fingerprint density at radius 1 is 0.917 bits per heavy atom. The van der Waals surface area contributed by atoms with Crippen molar-refractivity contribution in [1.29, 1.82) is 0 Å². The van der Waals surface area contributed by atoms with E-state index in [0.717, 1.165) is 11.1 Å². The minimum absolute atomic E-state index is 0.0753. The number of aromatic hydroxyl groups is 1. The normalized spacial score (nSPS) is 12.6. The summed E-state index contributed by atoms with van der Waals surface area (Å²) in [4.78, 5) is 25.4. The highest BCUT2D eigenvalue weighted by Crippen LogP contribution is 2.29. The van der Waals surface area contributed by atoms with E-state index in [-0.39, 0.29) is 33.9 Å². The van der Waals surface area contributed by atoms with Gasteiger partial charge in [0.05, 0.1) is 10.6 Å². The SMILES string of the molecule is CCC(C(=O)Nc1ccc(NC(=O)c2ccc(C)cc2)c(O)c1)S(=O)(=O)c1ccc(C(C)(C)C)cc1. The largest absolute Gasteiger partial charge is 0.506 e. The van der Waals surface area contributed by atoms with Gasteiger partial charge >= 0.3 is 0 Å². The van der Waals surface area contributed by atoms with Crippen LogP contribution >= 0.6 is 0 Å². The van der Waals surface area contributed by atoms with Crippen LogP contribution in [0.25, 0.3) is 0 Å². The fourth-order valence-electron chi connectivity index (χ4n) is 3.69. The first-order valence-corrected chi connectivity index (χ1v) is 13.2. The first kappa shape index (κ1) is 26.9. The van der Waals surface area contributed by atoms with Gasteiger partial charge in [0.25, 0.3) is 5.91 Å². The van der Waals surface area contributed by atoms with Crippen molar-refractivity contribution in [2.45, 2.75) is 56.6 Å². The van der Waals surface area contributed by atoms with Gasteiger partial charge in [-0.15, -0.1) is 0 Å². The lowest BCUT2D eigenvalue weighted by Gasteiger charge is -2.20. The fourth-order valence-corrected chi connectivity index (χ4v) is 5.32. The number of hydrogen-bond donors (Lipinski definition) is 3. The Morgan fingerprint density at radius 2 is 1.53 bits per heavy atom. The van der Waals surface area contributed by atoms with E-state index in [1.54, 1.807) is 31.2 Å². The van der Waals surface area contributed by atoms with Gasteiger partial charge in [-0.2, -0.15) is 0 Å². The van der Waals surface area contributed by atoms with E-state index in [2.05, 4.69) is 10.6 Å². The summed E-state index contributed by atoms with van der Waals surface area (Å²) in [6, 6.07) is 17.8. The highest BCUT2D eigenvalue weighted by Gasteiger charge is 2.33. The van der Waals surface area contributed by atoms with Crippen molar-refractivity contribution in [3.8, 4) is 5.75 Å². The Bertz CT molecular complexity index is 1360. The lowest BCUT2D eigenvalue weighted by atomic mass is 9.87. The maximum absolute atomic E-state index is 13.2. The van der Waals surface area contributed by atoms with Crippen molar-refractivity contribution in [1.82, 2.24) is 0 Å². The van der Waals surface area contributed by atoms with Crippen LogP contribution in [0.4, 0.5) is 11.4 Å². The number of phenolic OH excluding ortho intramolecular Hbond substituents is 1. The molecule has 1 atom stereocenters. The molecule has 1 unspecified atom stereocenters. The minimum atomic E-state index is -3.93. The van der Waals surface area contributed by atoms with E-state index in [1.165, 1.54) is 30.3 Å². The van der Waals surface area contributed by atoms with Crippen LogP contribution in [0.2, 0.25) is 0 Å². The van der Waals surface area contributed by atoms with Crippen LogP contribution in [0.15, 0.2) is 71.6 Å². The molecule has 0 aliphatic heterocycles. The minimum Gasteiger partial charge on any atom is -0.506 e. The Morgan fingerprint density at radius 3 is 2.06 bits per heavy atom. The molecule has 0 fully saturated rings. The highest BCUT2D eigenvalue weighted by atomic mass is 32.2. The molecule has 0 radical (unpaired) electrons. The number of nitrogens with one attached hydrogen (secondary N) is 2. The zero-order valence-electron chi connectivity index (χ0n) is 21.1. The van der Waals surface area contributed by atoms with Crippen molar-refractivity contribution in [2.24, 2.45) is 0 Å². The zero-order valence-corrected chi connectivity index (χ0v) is 21.9. The van der Waals surface area contributed by atoms with Crippen LogP contribution in [0.3, 0.4) is 0 Å². The van der Waals surface area contributed by atoms with Gasteiger partial charge < -0.3 is 15.7 Å². The number of sulfone groups is 1. The Labute approximate surface area is 212 Å². The third-order valence-electron chi connectivity index (χ3n) is 5.91. The van der Waals surface area contributed by atoms with E-state index < -0.39 is 26.9 Å². The van der Waals surface area contributed by atoms with E-state index in [1.807, 2.05) is 39.8 Å². The van der Waals surface area contributed by atoms with Gasteiger partial charge in [0.15, 0.2) is 9.84 Å². The molecule has 0 spiro atoms. The van der Waals surface area contributed by atoms with Gasteiger partial charge in [-0.05, 0) is 60.7 Å². The molecule has 190 valence electrons. The van der Waals surface area contributed by atoms with E-state index in [0.29, 0.717) is 5.56 Å². The molecule has 0 aliphatic rings. The van der Waals surface area contributed by atoms with Crippen molar-refractivity contribution in [3.63, 3.8) is 0 Å². The van der Waals surface area contributed by atoms with Crippen LogP contribution < -0.4 is 10.6 Å². The lowest BCUT2D eigenvalue weighted by molar-refractivity contribution is -0.115. The van der Waals surface area contributed by atoms with Crippen molar-refractivity contribution in [2.75, 3.05) is 10.6 Å². The quantitative estimate of drug-likeness (QED) is 0.368. The van der Waals surface area contributed by atoms with Crippen LogP contribution in [0.1, 0.15) is 55.6 Å².